The first-order chi connectivity index (χ1) is 9.19. The molecule has 0 bridgehead atoms. The Kier molecular flexibility index (Phi) is 3.33. The second-order valence-electron chi connectivity index (χ2n) is 4.08. The highest BCUT2D eigenvalue weighted by Gasteiger charge is 2.14. The Labute approximate surface area is 122 Å². The number of hydrogen-bond donors (Lipinski definition) is 0. The summed E-state index contributed by atoms with van der Waals surface area (Å²) in [6.07, 6.45) is 1.62. The lowest BCUT2D eigenvalue weighted by Crippen LogP contribution is -2.03. The van der Waals surface area contributed by atoms with E-state index in [9.17, 15) is 4.39 Å². The van der Waals surface area contributed by atoms with Gasteiger partial charge in [0.25, 0.3) is 0 Å². The largest absolute Gasteiger partial charge is 0.467 e. The van der Waals surface area contributed by atoms with Gasteiger partial charge in [-0.3, -0.25) is 0 Å². The average molecular weight is 344 g/mol. The van der Waals surface area contributed by atoms with Crippen molar-refractivity contribution in [1.82, 2.24) is 9.55 Å². The van der Waals surface area contributed by atoms with Gasteiger partial charge in [-0.2, -0.15) is 0 Å². The number of rotatable bonds is 3. The highest BCUT2D eigenvalue weighted by molar-refractivity contribution is 9.10. The van der Waals surface area contributed by atoms with Gasteiger partial charge in [0.05, 0.1) is 34.2 Å². The van der Waals surface area contributed by atoms with Crippen molar-refractivity contribution >= 4 is 38.6 Å². The molecular formula is C13H9BrClFN2O. The Balaban J connectivity index is 2.17. The molecule has 0 N–H and O–H groups in total. The van der Waals surface area contributed by atoms with Crippen LogP contribution in [0, 0.1) is 5.82 Å². The van der Waals surface area contributed by atoms with E-state index in [1.54, 1.807) is 12.3 Å². The van der Waals surface area contributed by atoms with E-state index in [-0.39, 0.29) is 11.7 Å². The Hall–Kier alpha value is -1.33. The Morgan fingerprint density at radius 2 is 2.26 bits per heavy atom. The van der Waals surface area contributed by atoms with E-state index in [1.807, 2.05) is 16.7 Å². The highest BCUT2D eigenvalue weighted by Crippen LogP contribution is 2.25. The molecule has 19 heavy (non-hydrogen) atoms. The molecule has 2 aromatic heterocycles. The van der Waals surface area contributed by atoms with Gasteiger partial charge in [0.2, 0.25) is 0 Å². The standard InChI is InChI=1S/C13H9BrClFN2O/c14-9-4-12-11(5-10(9)16)17-13(6-15)18(12)7-8-2-1-3-19-8/h1-5H,6-7H2. The molecule has 2 heterocycles. The van der Waals surface area contributed by atoms with Crippen molar-refractivity contribution in [2.45, 2.75) is 12.4 Å². The van der Waals surface area contributed by atoms with Gasteiger partial charge in [0, 0.05) is 6.07 Å². The maximum Gasteiger partial charge on any atom is 0.139 e. The number of nitrogens with zero attached hydrogens (tertiary/aromatic N) is 2. The molecule has 3 rings (SSSR count). The van der Waals surface area contributed by atoms with E-state index in [1.165, 1.54) is 6.07 Å². The highest BCUT2D eigenvalue weighted by atomic mass is 79.9. The summed E-state index contributed by atoms with van der Waals surface area (Å²) in [6, 6.07) is 6.80. The number of imidazole rings is 1. The van der Waals surface area contributed by atoms with Gasteiger partial charge in [-0.05, 0) is 34.1 Å². The zero-order chi connectivity index (χ0) is 13.4. The molecule has 0 unspecified atom stereocenters. The smallest absolute Gasteiger partial charge is 0.139 e. The van der Waals surface area contributed by atoms with Crippen LogP contribution in [0.3, 0.4) is 0 Å². The summed E-state index contributed by atoms with van der Waals surface area (Å²) in [5.41, 5.74) is 1.41. The number of hydrogen-bond acceptors (Lipinski definition) is 2. The van der Waals surface area contributed by atoms with Crippen LogP contribution in [0.1, 0.15) is 11.6 Å². The van der Waals surface area contributed by atoms with Gasteiger partial charge in [-0.25, -0.2) is 9.37 Å². The molecule has 0 fully saturated rings. The molecule has 0 atom stereocenters. The van der Waals surface area contributed by atoms with Crippen LogP contribution < -0.4 is 0 Å². The molecule has 0 aliphatic rings. The summed E-state index contributed by atoms with van der Waals surface area (Å²) in [5, 5.41) is 0. The molecule has 0 saturated heterocycles. The minimum absolute atomic E-state index is 0.259. The van der Waals surface area contributed by atoms with Crippen molar-refractivity contribution in [1.29, 1.82) is 0 Å². The van der Waals surface area contributed by atoms with Crippen LogP contribution in [-0.4, -0.2) is 9.55 Å². The third-order valence-corrected chi connectivity index (χ3v) is 3.73. The van der Waals surface area contributed by atoms with Crippen LogP contribution in [-0.2, 0) is 12.4 Å². The monoisotopic (exact) mass is 342 g/mol. The van der Waals surface area contributed by atoms with Crippen LogP contribution in [0.5, 0.6) is 0 Å². The number of halogens is 3. The van der Waals surface area contributed by atoms with E-state index in [0.717, 1.165) is 11.3 Å². The van der Waals surface area contributed by atoms with Gasteiger partial charge < -0.3 is 8.98 Å². The molecular weight excluding hydrogens is 335 g/mol. The number of benzene rings is 1. The first-order valence-electron chi connectivity index (χ1n) is 5.61. The van der Waals surface area contributed by atoms with E-state index in [2.05, 4.69) is 20.9 Å². The molecule has 6 heteroatoms. The molecule has 0 amide bonds. The van der Waals surface area contributed by atoms with Gasteiger partial charge in [0.15, 0.2) is 0 Å². The Morgan fingerprint density at radius 3 is 2.95 bits per heavy atom. The second kappa shape index (κ2) is 4.98. The van der Waals surface area contributed by atoms with Crippen LogP contribution in [0.15, 0.2) is 39.4 Å². The van der Waals surface area contributed by atoms with Crippen molar-refractivity contribution < 1.29 is 8.81 Å². The first-order valence-corrected chi connectivity index (χ1v) is 6.94. The third kappa shape index (κ3) is 2.28. The predicted octanol–water partition coefficient (Wildman–Crippen LogP) is 4.32. The topological polar surface area (TPSA) is 31.0 Å². The van der Waals surface area contributed by atoms with Crippen LogP contribution >= 0.6 is 27.5 Å². The minimum atomic E-state index is -0.337. The second-order valence-corrected chi connectivity index (χ2v) is 5.20. The van der Waals surface area contributed by atoms with Crippen LogP contribution in [0.25, 0.3) is 11.0 Å². The fraction of sp³-hybridized carbons (Fsp3) is 0.154. The van der Waals surface area contributed by atoms with Gasteiger partial charge in [-0.1, -0.05) is 0 Å². The van der Waals surface area contributed by atoms with Crippen molar-refractivity contribution in [3.8, 4) is 0 Å². The van der Waals surface area contributed by atoms with Crippen molar-refractivity contribution in [2.75, 3.05) is 0 Å². The zero-order valence-electron chi connectivity index (χ0n) is 9.74. The van der Waals surface area contributed by atoms with E-state index in [0.29, 0.717) is 22.4 Å². The Bertz CT molecular complexity index is 724. The summed E-state index contributed by atoms with van der Waals surface area (Å²) < 4.78 is 21.2. The molecule has 1 aromatic carbocycles. The molecule has 0 spiro atoms. The number of aromatic nitrogens is 2. The van der Waals surface area contributed by atoms with Crippen LogP contribution in [0.2, 0.25) is 0 Å². The fourth-order valence-electron chi connectivity index (χ4n) is 2.01. The number of alkyl halides is 1. The van der Waals surface area contributed by atoms with Crippen LogP contribution in [0.4, 0.5) is 4.39 Å². The quantitative estimate of drug-likeness (QED) is 0.663. The van der Waals surface area contributed by atoms with Crippen molar-refractivity contribution in [3.05, 3.63) is 52.4 Å². The van der Waals surface area contributed by atoms with Gasteiger partial charge in [-0.15, -0.1) is 11.6 Å². The lowest BCUT2D eigenvalue weighted by Gasteiger charge is -2.05. The molecule has 3 aromatic rings. The summed E-state index contributed by atoms with van der Waals surface area (Å²) in [4.78, 5) is 4.34. The molecule has 0 saturated carbocycles. The lowest BCUT2D eigenvalue weighted by molar-refractivity contribution is 0.493. The Morgan fingerprint density at radius 1 is 1.42 bits per heavy atom. The minimum Gasteiger partial charge on any atom is -0.467 e. The third-order valence-electron chi connectivity index (χ3n) is 2.88. The van der Waals surface area contributed by atoms with Gasteiger partial charge >= 0.3 is 0 Å². The number of fused-ring (bicyclic) bond motifs is 1. The SMILES string of the molecule is Fc1cc2nc(CCl)n(Cc3ccco3)c2cc1Br. The molecule has 98 valence electrons. The summed E-state index contributed by atoms with van der Waals surface area (Å²) in [7, 11) is 0. The van der Waals surface area contributed by atoms with E-state index < -0.39 is 0 Å². The van der Waals surface area contributed by atoms with Crippen molar-refractivity contribution in [2.24, 2.45) is 0 Å². The summed E-state index contributed by atoms with van der Waals surface area (Å²) in [5.74, 6) is 1.40. The van der Waals surface area contributed by atoms with Gasteiger partial charge in [0.1, 0.15) is 17.4 Å². The average Bonchev–Trinajstić information content (AvgIpc) is 3.00. The predicted molar refractivity (Wildman–Crippen MR) is 74.8 cm³/mol. The fourth-order valence-corrected chi connectivity index (χ4v) is 2.54. The maximum absolute atomic E-state index is 13.5. The zero-order valence-corrected chi connectivity index (χ0v) is 12.1. The molecule has 0 radical (unpaired) electrons. The lowest BCUT2D eigenvalue weighted by atomic mass is 10.3. The molecule has 0 aliphatic heterocycles. The number of furan rings is 1. The van der Waals surface area contributed by atoms with Crippen molar-refractivity contribution in [3.63, 3.8) is 0 Å². The maximum atomic E-state index is 13.5. The molecule has 3 nitrogen and oxygen atoms in total. The summed E-state index contributed by atoms with van der Waals surface area (Å²) in [6.45, 7) is 0.517. The summed E-state index contributed by atoms with van der Waals surface area (Å²) >= 11 is 9.09. The first kappa shape index (κ1) is 12.7. The molecule has 0 aliphatic carbocycles. The normalized spacial score (nSPS) is 11.3. The van der Waals surface area contributed by atoms with E-state index >= 15 is 0 Å². The van der Waals surface area contributed by atoms with E-state index in [4.69, 9.17) is 16.0 Å².